The van der Waals surface area contributed by atoms with E-state index in [1.54, 1.807) is 7.11 Å². The van der Waals surface area contributed by atoms with Crippen LogP contribution in [0.2, 0.25) is 0 Å². The molecule has 1 amide bonds. The van der Waals surface area contributed by atoms with Gasteiger partial charge in [0.05, 0.1) is 13.2 Å². The Balaban J connectivity index is 1.63. The number of ether oxygens (including phenoxy) is 2. The van der Waals surface area contributed by atoms with Crippen LogP contribution in [0.1, 0.15) is 41.5 Å². The molecule has 0 fully saturated rings. The van der Waals surface area contributed by atoms with Crippen molar-refractivity contribution in [3.63, 3.8) is 0 Å². The molecule has 0 spiro atoms. The van der Waals surface area contributed by atoms with E-state index in [0.29, 0.717) is 26.2 Å². The summed E-state index contributed by atoms with van der Waals surface area (Å²) in [6.07, 6.45) is 2.21. The smallest absolute Gasteiger partial charge is 0.220 e. The number of nitrogens with one attached hydrogen (secondary N) is 1. The predicted molar refractivity (Wildman–Crippen MR) is 104 cm³/mol. The second kappa shape index (κ2) is 10.6. The van der Waals surface area contributed by atoms with Crippen LogP contribution >= 0.6 is 0 Å². The molecule has 0 heterocycles. The SMILES string of the molecule is COCc1cccc(CNC(=O)CCCCOc2cc(C)ccc2C)c1. The van der Waals surface area contributed by atoms with Gasteiger partial charge in [0, 0.05) is 20.1 Å². The lowest BCUT2D eigenvalue weighted by Crippen LogP contribution is -2.22. The number of hydrogen-bond donors (Lipinski definition) is 1. The molecule has 0 unspecified atom stereocenters. The van der Waals surface area contributed by atoms with E-state index < -0.39 is 0 Å². The minimum absolute atomic E-state index is 0.0777. The van der Waals surface area contributed by atoms with Crippen molar-refractivity contribution in [1.82, 2.24) is 5.32 Å². The van der Waals surface area contributed by atoms with Gasteiger partial charge in [0.2, 0.25) is 5.91 Å². The van der Waals surface area contributed by atoms with Crippen LogP contribution in [0.15, 0.2) is 42.5 Å². The zero-order valence-corrected chi connectivity index (χ0v) is 16.0. The monoisotopic (exact) mass is 355 g/mol. The van der Waals surface area contributed by atoms with E-state index in [4.69, 9.17) is 9.47 Å². The first-order valence-electron chi connectivity index (χ1n) is 9.12. The van der Waals surface area contributed by atoms with Gasteiger partial charge >= 0.3 is 0 Å². The zero-order chi connectivity index (χ0) is 18.8. The van der Waals surface area contributed by atoms with E-state index >= 15 is 0 Å². The van der Waals surface area contributed by atoms with E-state index in [1.165, 1.54) is 5.56 Å². The molecule has 0 aromatic heterocycles. The molecule has 0 aliphatic rings. The molecule has 0 aliphatic heterocycles. The average Bonchev–Trinajstić information content (AvgIpc) is 2.63. The standard InChI is InChI=1S/C22H29NO3/c1-17-10-11-18(2)21(13-17)26-12-5-4-9-22(24)23-15-19-7-6-8-20(14-19)16-25-3/h6-8,10-11,13-14H,4-5,9,12,15-16H2,1-3H3,(H,23,24). The Morgan fingerprint density at radius 2 is 1.85 bits per heavy atom. The molecule has 0 saturated heterocycles. The molecule has 1 N–H and O–H groups in total. The lowest BCUT2D eigenvalue weighted by Gasteiger charge is -2.10. The highest BCUT2D eigenvalue weighted by atomic mass is 16.5. The van der Waals surface area contributed by atoms with Gasteiger partial charge in [0.1, 0.15) is 5.75 Å². The van der Waals surface area contributed by atoms with Crippen molar-refractivity contribution in [2.45, 2.75) is 46.3 Å². The first kappa shape index (κ1) is 20.0. The van der Waals surface area contributed by atoms with Crippen molar-refractivity contribution in [1.29, 1.82) is 0 Å². The number of hydrogen-bond acceptors (Lipinski definition) is 3. The minimum atomic E-state index is 0.0777. The Morgan fingerprint density at radius 1 is 1.04 bits per heavy atom. The van der Waals surface area contributed by atoms with E-state index in [1.807, 2.05) is 25.1 Å². The van der Waals surface area contributed by atoms with Crippen molar-refractivity contribution in [3.8, 4) is 5.75 Å². The van der Waals surface area contributed by atoms with E-state index in [0.717, 1.165) is 35.3 Å². The lowest BCUT2D eigenvalue weighted by molar-refractivity contribution is -0.121. The van der Waals surface area contributed by atoms with Gasteiger partial charge < -0.3 is 14.8 Å². The molecule has 0 radical (unpaired) electrons. The number of amides is 1. The van der Waals surface area contributed by atoms with Crippen LogP contribution in [0, 0.1) is 13.8 Å². The third-order valence-corrected chi connectivity index (χ3v) is 4.19. The van der Waals surface area contributed by atoms with E-state index in [9.17, 15) is 4.79 Å². The Hall–Kier alpha value is -2.33. The minimum Gasteiger partial charge on any atom is -0.493 e. The largest absolute Gasteiger partial charge is 0.493 e. The van der Waals surface area contributed by atoms with Crippen molar-refractivity contribution in [2.24, 2.45) is 0 Å². The third kappa shape index (κ3) is 6.89. The number of rotatable bonds is 10. The fourth-order valence-electron chi connectivity index (χ4n) is 2.72. The quantitative estimate of drug-likeness (QED) is 0.646. The number of benzene rings is 2. The van der Waals surface area contributed by atoms with Crippen LogP contribution < -0.4 is 10.1 Å². The summed E-state index contributed by atoms with van der Waals surface area (Å²) in [6, 6.07) is 14.3. The van der Waals surface area contributed by atoms with Crippen molar-refractivity contribution in [3.05, 3.63) is 64.7 Å². The maximum atomic E-state index is 12.0. The Labute approximate surface area is 156 Å². The maximum Gasteiger partial charge on any atom is 0.220 e. The zero-order valence-electron chi connectivity index (χ0n) is 16.0. The number of methoxy groups -OCH3 is 1. The first-order valence-corrected chi connectivity index (χ1v) is 9.12. The van der Waals surface area contributed by atoms with Gasteiger partial charge in [-0.3, -0.25) is 4.79 Å². The highest BCUT2D eigenvalue weighted by Crippen LogP contribution is 2.19. The molecule has 26 heavy (non-hydrogen) atoms. The lowest BCUT2D eigenvalue weighted by atomic mass is 10.1. The van der Waals surface area contributed by atoms with Crippen molar-refractivity contribution in [2.75, 3.05) is 13.7 Å². The summed E-state index contributed by atoms with van der Waals surface area (Å²) in [5.74, 6) is 1.01. The van der Waals surface area contributed by atoms with Gasteiger partial charge in [-0.05, 0) is 55.0 Å². The van der Waals surface area contributed by atoms with Gasteiger partial charge in [-0.15, -0.1) is 0 Å². The molecular formula is C22H29NO3. The summed E-state index contributed by atoms with van der Waals surface area (Å²) in [6.45, 7) is 5.87. The first-order chi connectivity index (χ1) is 12.6. The highest BCUT2D eigenvalue weighted by Gasteiger charge is 2.04. The molecule has 4 nitrogen and oxygen atoms in total. The molecule has 2 rings (SSSR count). The molecule has 0 saturated carbocycles. The predicted octanol–water partition coefficient (Wildman–Crippen LogP) is 4.32. The van der Waals surface area contributed by atoms with Crippen LogP contribution in [-0.4, -0.2) is 19.6 Å². The van der Waals surface area contributed by atoms with Gasteiger partial charge in [-0.2, -0.15) is 0 Å². The fraction of sp³-hybridized carbons (Fsp3) is 0.409. The number of aryl methyl sites for hydroxylation is 2. The van der Waals surface area contributed by atoms with Crippen LogP contribution in [-0.2, 0) is 22.7 Å². The molecule has 0 atom stereocenters. The van der Waals surface area contributed by atoms with Crippen LogP contribution in [0.4, 0.5) is 0 Å². The van der Waals surface area contributed by atoms with Crippen LogP contribution in [0.3, 0.4) is 0 Å². The van der Waals surface area contributed by atoms with E-state index in [2.05, 4.69) is 36.5 Å². The summed E-state index contributed by atoms with van der Waals surface area (Å²) >= 11 is 0. The van der Waals surface area contributed by atoms with Crippen LogP contribution in [0.25, 0.3) is 0 Å². The Morgan fingerprint density at radius 3 is 2.65 bits per heavy atom. The van der Waals surface area contributed by atoms with Crippen molar-refractivity contribution < 1.29 is 14.3 Å². The summed E-state index contributed by atoms with van der Waals surface area (Å²) in [4.78, 5) is 12.0. The highest BCUT2D eigenvalue weighted by molar-refractivity contribution is 5.75. The summed E-state index contributed by atoms with van der Waals surface area (Å²) in [5.41, 5.74) is 4.54. The number of carbonyl (C=O) groups excluding carboxylic acids is 1. The van der Waals surface area contributed by atoms with Crippen LogP contribution in [0.5, 0.6) is 5.75 Å². The van der Waals surface area contributed by atoms with Crippen molar-refractivity contribution >= 4 is 5.91 Å². The third-order valence-electron chi connectivity index (χ3n) is 4.19. The van der Waals surface area contributed by atoms with Gasteiger partial charge in [-0.25, -0.2) is 0 Å². The second-order valence-electron chi connectivity index (χ2n) is 6.60. The Bertz CT molecular complexity index is 712. The topological polar surface area (TPSA) is 47.6 Å². The molecule has 0 aliphatic carbocycles. The maximum absolute atomic E-state index is 12.0. The second-order valence-corrected chi connectivity index (χ2v) is 6.60. The molecular weight excluding hydrogens is 326 g/mol. The van der Waals surface area contributed by atoms with Gasteiger partial charge in [-0.1, -0.05) is 36.4 Å². The van der Waals surface area contributed by atoms with Gasteiger partial charge in [0.15, 0.2) is 0 Å². The number of carbonyl (C=O) groups is 1. The molecule has 2 aromatic carbocycles. The summed E-state index contributed by atoms with van der Waals surface area (Å²) < 4.78 is 11.0. The van der Waals surface area contributed by atoms with Gasteiger partial charge in [0.25, 0.3) is 0 Å². The number of unbranched alkanes of at least 4 members (excludes halogenated alkanes) is 1. The normalized spacial score (nSPS) is 10.6. The fourth-order valence-corrected chi connectivity index (χ4v) is 2.72. The molecule has 2 aromatic rings. The van der Waals surface area contributed by atoms with E-state index in [-0.39, 0.29) is 5.91 Å². The average molecular weight is 355 g/mol. The molecule has 4 heteroatoms. The Kier molecular flexibility index (Phi) is 8.16. The molecule has 140 valence electrons. The molecule has 0 bridgehead atoms. The summed E-state index contributed by atoms with van der Waals surface area (Å²) in [7, 11) is 1.68. The summed E-state index contributed by atoms with van der Waals surface area (Å²) in [5, 5.41) is 2.97.